The first kappa shape index (κ1) is 13.2. The Bertz CT molecular complexity index is 700. The zero-order valence-electron chi connectivity index (χ0n) is 11.3. The standard InChI is InChI=1S/C14H17N3O2S/c1-20(18,19)14-6-2-11(3-7-14)16-9-13-8-15-10-17(13)12-4-5-12/h2-3,6-8,10,12,16H,4-5,9H2,1H3. The Labute approximate surface area is 118 Å². The minimum absolute atomic E-state index is 0.339. The highest BCUT2D eigenvalue weighted by molar-refractivity contribution is 7.90. The molecule has 0 bridgehead atoms. The molecule has 0 spiro atoms. The second kappa shape index (κ2) is 4.94. The number of benzene rings is 1. The highest BCUT2D eigenvalue weighted by atomic mass is 32.2. The predicted molar refractivity (Wildman–Crippen MR) is 77.4 cm³/mol. The van der Waals surface area contributed by atoms with E-state index >= 15 is 0 Å². The van der Waals surface area contributed by atoms with Gasteiger partial charge in [-0.15, -0.1) is 0 Å². The van der Waals surface area contributed by atoms with Crippen LogP contribution in [0.1, 0.15) is 24.6 Å². The fourth-order valence-electron chi connectivity index (χ4n) is 2.16. The lowest BCUT2D eigenvalue weighted by Gasteiger charge is -2.09. The van der Waals surface area contributed by atoms with Crippen LogP contribution in [0.15, 0.2) is 41.7 Å². The van der Waals surface area contributed by atoms with Gasteiger partial charge in [0.2, 0.25) is 0 Å². The van der Waals surface area contributed by atoms with Gasteiger partial charge in [-0.25, -0.2) is 13.4 Å². The van der Waals surface area contributed by atoms with Crippen LogP contribution >= 0.6 is 0 Å². The maximum atomic E-state index is 11.4. The van der Waals surface area contributed by atoms with Crippen LogP contribution in [-0.2, 0) is 16.4 Å². The van der Waals surface area contributed by atoms with Crippen molar-refractivity contribution < 1.29 is 8.42 Å². The third kappa shape index (κ3) is 2.85. The number of imidazole rings is 1. The molecule has 1 aromatic heterocycles. The number of rotatable bonds is 5. The van der Waals surface area contributed by atoms with E-state index in [9.17, 15) is 8.42 Å². The summed E-state index contributed by atoms with van der Waals surface area (Å²) in [5.41, 5.74) is 2.06. The molecule has 6 heteroatoms. The molecule has 1 saturated carbocycles. The lowest BCUT2D eigenvalue weighted by molar-refractivity contribution is 0.602. The normalized spacial score (nSPS) is 15.2. The van der Waals surface area contributed by atoms with Gasteiger partial charge in [-0.1, -0.05) is 0 Å². The number of aromatic nitrogens is 2. The SMILES string of the molecule is CS(=O)(=O)c1ccc(NCc2cncn2C2CC2)cc1. The minimum atomic E-state index is -3.13. The Hall–Kier alpha value is -1.82. The van der Waals surface area contributed by atoms with E-state index in [0.29, 0.717) is 17.5 Å². The largest absolute Gasteiger partial charge is 0.379 e. The summed E-state index contributed by atoms with van der Waals surface area (Å²) in [5, 5.41) is 3.29. The van der Waals surface area contributed by atoms with Gasteiger partial charge >= 0.3 is 0 Å². The Morgan fingerprint density at radius 1 is 1.30 bits per heavy atom. The molecule has 1 aromatic carbocycles. The molecule has 20 heavy (non-hydrogen) atoms. The maximum Gasteiger partial charge on any atom is 0.175 e. The van der Waals surface area contributed by atoms with Crippen molar-refractivity contribution in [3.05, 3.63) is 42.5 Å². The number of nitrogens with one attached hydrogen (secondary N) is 1. The van der Waals surface area contributed by atoms with Gasteiger partial charge in [0.05, 0.1) is 23.5 Å². The van der Waals surface area contributed by atoms with Crippen LogP contribution in [0.25, 0.3) is 0 Å². The minimum Gasteiger partial charge on any atom is -0.379 e. The van der Waals surface area contributed by atoms with Crippen molar-refractivity contribution in [3.8, 4) is 0 Å². The Morgan fingerprint density at radius 2 is 2.00 bits per heavy atom. The van der Waals surface area contributed by atoms with Crippen molar-refractivity contribution in [2.24, 2.45) is 0 Å². The molecule has 1 aliphatic carbocycles. The first-order valence-corrected chi connectivity index (χ1v) is 8.48. The highest BCUT2D eigenvalue weighted by Gasteiger charge is 2.24. The van der Waals surface area contributed by atoms with Crippen molar-refractivity contribution >= 4 is 15.5 Å². The van der Waals surface area contributed by atoms with E-state index in [1.165, 1.54) is 19.1 Å². The number of sulfone groups is 1. The van der Waals surface area contributed by atoms with Gasteiger partial charge < -0.3 is 9.88 Å². The van der Waals surface area contributed by atoms with E-state index in [1.54, 1.807) is 24.3 Å². The van der Waals surface area contributed by atoms with Crippen molar-refractivity contribution in [2.45, 2.75) is 30.3 Å². The van der Waals surface area contributed by atoms with Crippen molar-refractivity contribution in [2.75, 3.05) is 11.6 Å². The number of hydrogen-bond donors (Lipinski definition) is 1. The second-order valence-electron chi connectivity index (χ2n) is 5.17. The topological polar surface area (TPSA) is 64.0 Å². The maximum absolute atomic E-state index is 11.4. The first-order valence-electron chi connectivity index (χ1n) is 6.59. The van der Waals surface area contributed by atoms with Crippen LogP contribution in [0.5, 0.6) is 0 Å². The van der Waals surface area contributed by atoms with Gasteiger partial charge in [0.1, 0.15) is 0 Å². The van der Waals surface area contributed by atoms with Crippen LogP contribution in [-0.4, -0.2) is 24.2 Å². The first-order chi connectivity index (χ1) is 9.54. The molecule has 106 valence electrons. The van der Waals surface area contributed by atoms with Crippen molar-refractivity contribution in [1.29, 1.82) is 0 Å². The van der Waals surface area contributed by atoms with Crippen LogP contribution in [0.4, 0.5) is 5.69 Å². The van der Waals surface area contributed by atoms with E-state index in [1.807, 2.05) is 12.5 Å². The smallest absolute Gasteiger partial charge is 0.175 e. The molecule has 0 aliphatic heterocycles. The van der Waals surface area contributed by atoms with E-state index in [-0.39, 0.29) is 0 Å². The number of anilines is 1. The molecule has 0 unspecified atom stereocenters. The zero-order chi connectivity index (χ0) is 14.2. The summed E-state index contributed by atoms with van der Waals surface area (Å²) in [6.45, 7) is 0.689. The summed E-state index contributed by atoms with van der Waals surface area (Å²) < 4.78 is 25.0. The molecular weight excluding hydrogens is 274 g/mol. The molecule has 1 fully saturated rings. The van der Waals surface area contributed by atoms with Gasteiger partial charge in [-0.2, -0.15) is 0 Å². The van der Waals surface area contributed by atoms with Gasteiger partial charge in [-0.05, 0) is 37.1 Å². The van der Waals surface area contributed by atoms with Gasteiger partial charge in [0, 0.05) is 24.2 Å². The third-order valence-corrected chi connectivity index (χ3v) is 4.57. The highest BCUT2D eigenvalue weighted by Crippen LogP contribution is 2.35. The van der Waals surface area contributed by atoms with E-state index in [0.717, 1.165) is 11.4 Å². The molecule has 3 rings (SSSR count). The van der Waals surface area contributed by atoms with Gasteiger partial charge in [0.25, 0.3) is 0 Å². The number of nitrogens with zero attached hydrogens (tertiary/aromatic N) is 2. The monoisotopic (exact) mass is 291 g/mol. The molecule has 1 N–H and O–H groups in total. The van der Waals surface area contributed by atoms with Gasteiger partial charge in [-0.3, -0.25) is 0 Å². The molecule has 5 nitrogen and oxygen atoms in total. The Kier molecular flexibility index (Phi) is 3.25. The third-order valence-electron chi connectivity index (χ3n) is 3.44. The lowest BCUT2D eigenvalue weighted by atomic mass is 10.3. The van der Waals surface area contributed by atoms with Crippen molar-refractivity contribution in [3.63, 3.8) is 0 Å². The molecule has 2 aromatic rings. The summed E-state index contributed by atoms with van der Waals surface area (Å²) in [7, 11) is -3.13. The lowest BCUT2D eigenvalue weighted by Crippen LogP contribution is -2.06. The molecule has 0 amide bonds. The van der Waals surface area contributed by atoms with Crippen molar-refractivity contribution in [1.82, 2.24) is 9.55 Å². The van der Waals surface area contributed by atoms with E-state index < -0.39 is 9.84 Å². The fourth-order valence-corrected chi connectivity index (χ4v) is 2.79. The van der Waals surface area contributed by atoms with Gasteiger partial charge in [0.15, 0.2) is 9.84 Å². The summed E-state index contributed by atoms with van der Waals surface area (Å²) >= 11 is 0. The summed E-state index contributed by atoms with van der Waals surface area (Å²) in [6.07, 6.45) is 7.42. The summed E-state index contributed by atoms with van der Waals surface area (Å²) in [4.78, 5) is 4.52. The quantitative estimate of drug-likeness (QED) is 0.917. The second-order valence-corrected chi connectivity index (χ2v) is 7.19. The fraction of sp³-hybridized carbons (Fsp3) is 0.357. The van der Waals surface area contributed by atoms with Crippen LogP contribution in [0.2, 0.25) is 0 Å². The van der Waals surface area contributed by atoms with Crippen LogP contribution in [0.3, 0.4) is 0 Å². The average molecular weight is 291 g/mol. The Morgan fingerprint density at radius 3 is 2.60 bits per heavy atom. The van der Waals surface area contributed by atoms with E-state index in [4.69, 9.17) is 0 Å². The predicted octanol–water partition coefficient (Wildman–Crippen LogP) is 2.23. The average Bonchev–Trinajstić information content (AvgIpc) is 3.15. The molecule has 0 saturated heterocycles. The van der Waals surface area contributed by atoms with E-state index in [2.05, 4.69) is 14.9 Å². The molecule has 0 atom stereocenters. The Balaban J connectivity index is 1.67. The summed E-state index contributed by atoms with van der Waals surface area (Å²) in [5.74, 6) is 0. The molecule has 1 aliphatic rings. The number of hydrogen-bond acceptors (Lipinski definition) is 4. The zero-order valence-corrected chi connectivity index (χ0v) is 12.1. The molecule has 0 radical (unpaired) electrons. The molecule has 1 heterocycles. The molecular formula is C14H17N3O2S. The van der Waals surface area contributed by atoms with Crippen LogP contribution in [0, 0.1) is 0 Å². The van der Waals surface area contributed by atoms with Crippen LogP contribution < -0.4 is 5.32 Å². The summed E-state index contributed by atoms with van der Waals surface area (Å²) in [6, 6.07) is 7.43.